The molecule has 0 bridgehead atoms. The molecule has 1 fully saturated rings. The molecule has 0 saturated carbocycles. The minimum atomic E-state index is -3.23. The number of carboxylic acid groups (broad SMARTS) is 1. The zero-order valence-corrected chi connectivity index (χ0v) is 11.4. The summed E-state index contributed by atoms with van der Waals surface area (Å²) in [5, 5.41) is 8.65. The lowest BCUT2D eigenvalue weighted by atomic mass is 10.3. The van der Waals surface area contributed by atoms with Crippen LogP contribution in [0.25, 0.3) is 0 Å². The number of hydrogen-bond donors (Lipinski definition) is 1. The molecular weight excluding hydrogens is 260 g/mol. The molecule has 0 atom stereocenters. The van der Waals surface area contributed by atoms with Crippen LogP contribution in [0, 0.1) is 0 Å². The highest BCUT2D eigenvalue weighted by Gasteiger charge is 2.26. The van der Waals surface area contributed by atoms with Crippen molar-refractivity contribution in [3.05, 3.63) is 0 Å². The van der Waals surface area contributed by atoms with Crippen LogP contribution in [-0.4, -0.2) is 80.9 Å². The maximum atomic E-state index is 11.9. The fourth-order valence-corrected chi connectivity index (χ4v) is 3.33. The highest BCUT2D eigenvalue weighted by molar-refractivity contribution is 7.89. The van der Waals surface area contributed by atoms with Crippen molar-refractivity contribution in [1.29, 1.82) is 0 Å². The molecule has 1 heterocycles. The van der Waals surface area contributed by atoms with Gasteiger partial charge in [0.1, 0.15) is 0 Å². The lowest BCUT2D eigenvalue weighted by Crippen LogP contribution is -2.50. The first-order valence-corrected chi connectivity index (χ1v) is 7.47. The summed E-state index contributed by atoms with van der Waals surface area (Å²) in [6, 6.07) is 0. The number of hydrogen-bond acceptors (Lipinski definition) is 5. The van der Waals surface area contributed by atoms with Crippen molar-refractivity contribution in [3.63, 3.8) is 0 Å². The van der Waals surface area contributed by atoms with Crippen molar-refractivity contribution >= 4 is 16.0 Å². The van der Waals surface area contributed by atoms with Gasteiger partial charge in [-0.3, -0.25) is 9.69 Å². The second-order valence-electron chi connectivity index (χ2n) is 4.23. The zero-order chi connectivity index (χ0) is 13.6. The van der Waals surface area contributed by atoms with E-state index < -0.39 is 16.0 Å². The van der Waals surface area contributed by atoms with E-state index in [1.54, 1.807) is 4.90 Å². The number of rotatable bonds is 7. The summed E-state index contributed by atoms with van der Waals surface area (Å²) in [5.74, 6) is -0.800. The van der Waals surface area contributed by atoms with Gasteiger partial charge in [-0.2, -0.15) is 4.31 Å². The first kappa shape index (κ1) is 15.4. The van der Waals surface area contributed by atoms with Crippen molar-refractivity contribution < 1.29 is 23.1 Å². The molecule has 1 saturated heterocycles. The molecule has 0 aromatic rings. The van der Waals surface area contributed by atoms with E-state index in [1.165, 1.54) is 11.4 Å². The predicted octanol–water partition coefficient (Wildman–Crippen LogP) is -0.945. The summed E-state index contributed by atoms with van der Waals surface area (Å²) in [4.78, 5) is 12.3. The Morgan fingerprint density at radius 2 is 1.89 bits per heavy atom. The minimum Gasteiger partial charge on any atom is -0.480 e. The van der Waals surface area contributed by atoms with Gasteiger partial charge in [-0.1, -0.05) is 0 Å². The Morgan fingerprint density at radius 3 is 2.39 bits per heavy atom. The molecule has 0 unspecified atom stereocenters. The molecule has 1 aliphatic rings. The molecule has 8 heteroatoms. The number of carbonyl (C=O) groups is 1. The lowest BCUT2D eigenvalue weighted by molar-refractivity contribution is -0.138. The van der Waals surface area contributed by atoms with Gasteiger partial charge in [-0.25, -0.2) is 8.42 Å². The van der Waals surface area contributed by atoms with E-state index in [-0.39, 0.29) is 12.3 Å². The first-order valence-electron chi connectivity index (χ1n) is 5.86. The summed E-state index contributed by atoms with van der Waals surface area (Å²) in [7, 11) is -1.69. The van der Waals surface area contributed by atoms with Crippen molar-refractivity contribution in [2.24, 2.45) is 0 Å². The Bertz CT molecular complexity index is 362. The van der Waals surface area contributed by atoms with Gasteiger partial charge >= 0.3 is 5.97 Å². The molecule has 7 nitrogen and oxygen atoms in total. The van der Waals surface area contributed by atoms with Gasteiger partial charge in [0.25, 0.3) is 0 Å². The third-order valence-corrected chi connectivity index (χ3v) is 4.79. The summed E-state index contributed by atoms with van der Waals surface area (Å²) in [6.45, 7) is 2.06. The summed E-state index contributed by atoms with van der Waals surface area (Å²) < 4.78 is 30.1. The van der Waals surface area contributed by atoms with Crippen molar-refractivity contribution in [3.8, 4) is 0 Å². The Labute approximate surface area is 107 Å². The van der Waals surface area contributed by atoms with E-state index in [0.29, 0.717) is 39.2 Å². The van der Waals surface area contributed by atoms with Crippen LogP contribution in [0.3, 0.4) is 0 Å². The van der Waals surface area contributed by atoms with Crippen LogP contribution >= 0.6 is 0 Å². The fraction of sp³-hybridized carbons (Fsp3) is 0.900. The highest BCUT2D eigenvalue weighted by atomic mass is 32.2. The molecule has 1 aliphatic heterocycles. The third kappa shape index (κ3) is 4.89. The minimum absolute atomic E-state index is 0.0302. The van der Waals surface area contributed by atoms with E-state index in [2.05, 4.69) is 0 Å². The second-order valence-corrected chi connectivity index (χ2v) is 6.32. The average molecular weight is 280 g/mol. The van der Waals surface area contributed by atoms with Gasteiger partial charge in [-0.15, -0.1) is 0 Å². The molecule has 1 rings (SSSR count). The molecule has 1 N–H and O–H groups in total. The molecule has 0 aliphatic carbocycles. The largest absolute Gasteiger partial charge is 0.480 e. The van der Waals surface area contributed by atoms with E-state index in [9.17, 15) is 13.2 Å². The summed E-state index contributed by atoms with van der Waals surface area (Å²) >= 11 is 0. The van der Waals surface area contributed by atoms with Crippen molar-refractivity contribution in [2.75, 3.05) is 52.2 Å². The van der Waals surface area contributed by atoms with Crippen LogP contribution in [0.5, 0.6) is 0 Å². The van der Waals surface area contributed by atoms with Gasteiger partial charge in [0.05, 0.1) is 12.3 Å². The van der Waals surface area contributed by atoms with E-state index in [4.69, 9.17) is 9.84 Å². The number of ether oxygens (including phenoxy) is 1. The Kier molecular flexibility index (Phi) is 6.00. The van der Waals surface area contributed by atoms with Gasteiger partial charge in [0.15, 0.2) is 0 Å². The van der Waals surface area contributed by atoms with Crippen LogP contribution in [0.1, 0.15) is 6.42 Å². The lowest BCUT2D eigenvalue weighted by Gasteiger charge is -2.32. The normalized spacial score (nSPS) is 18.9. The smallest absolute Gasteiger partial charge is 0.317 e. The van der Waals surface area contributed by atoms with Crippen LogP contribution in [0.4, 0.5) is 0 Å². The Balaban J connectivity index is 2.39. The van der Waals surface area contributed by atoms with Crippen LogP contribution in [0.2, 0.25) is 0 Å². The second kappa shape index (κ2) is 7.03. The molecule has 0 spiro atoms. The topological polar surface area (TPSA) is 87.2 Å². The summed E-state index contributed by atoms with van der Waals surface area (Å²) in [5.41, 5.74) is 0. The maximum absolute atomic E-state index is 11.9. The number of carboxylic acids is 1. The van der Waals surface area contributed by atoms with Gasteiger partial charge in [0, 0.05) is 39.9 Å². The number of sulfonamides is 1. The van der Waals surface area contributed by atoms with E-state index in [1.807, 2.05) is 0 Å². The molecule has 0 aromatic heterocycles. The van der Waals surface area contributed by atoms with Gasteiger partial charge in [0.2, 0.25) is 10.0 Å². The predicted molar refractivity (Wildman–Crippen MR) is 65.9 cm³/mol. The van der Waals surface area contributed by atoms with Crippen LogP contribution < -0.4 is 0 Å². The van der Waals surface area contributed by atoms with Crippen molar-refractivity contribution in [1.82, 2.24) is 9.21 Å². The monoisotopic (exact) mass is 280 g/mol. The molecule has 18 heavy (non-hydrogen) atoms. The molecule has 0 amide bonds. The third-order valence-electron chi connectivity index (χ3n) is 2.83. The quantitative estimate of drug-likeness (QED) is 0.605. The number of aliphatic carboxylic acids is 1. The fourth-order valence-electron chi connectivity index (χ4n) is 1.87. The number of nitrogens with zero attached hydrogens (tertiary/aromatic N) is 2. The van der Waals surface area contributed by atoms with Gasteiger partial charge < -0.3 is 9.84 Å². The molecule has 0 radical (unpaired) electrons. The van der Waals surface area contributed by atoms with Gasteiger partial charge in [-0.05, 0) is 6.42 Å². The zero-order valence-electron chi connectivity index (χ0n) is 10.5. The molecule has 0 aromatic carbocycles. The Morgan fingerprint density at radius 1 is 1.28 bits per heavy atom. The van der Waals surface area contributed by atoms with Crippen LogP contribution in [0.15, 0.2) is 0 Å². The van der Waals surface area contributed by atoms with Crippen molar-refractivity contribution in [2.45, 2.75) is 6.42 Å². The standard InChI is InChI=1S/C10H20N2O5S/c1-17-7-2-8-18(15,16)12-5-3-11(4-6-12)9-10(13)14/h2-9H2,1H3,(H,13,14). The number of methoxy groups -OCH3 is 1. The first-order chi connectivity index (χ1) is 8.45. The van der Waals surface area contributed by atoms with E-state index >= 15 is 0 Å². The molecular formula is C10H20N2O5S. The Hall–Kier alpha value is -0.700. The molecule has 106 valence electrons. The average Bonchev–Trinajstić information content (AvgIpc) is 2.29. The van der Waals surface area contributed by atoms with Crippen LogP contribution in [-0.2, 0) is 19.6 Å². The summed E-state index contributed by atoms with van der Waals surface area (Å²) in [6.07, 6.45) is 0.480. The number of piperazine rings is 1. The van der Waals surface area contributed by atoms with E-state index in [0.717, 1.165) is 0 Å². The maximum Gasteiger partial charge on any atom is 0.317 e. The SMILES string of the molecule is COCCCS(=O)(=O)N1CCN(CC(=O)O)CC1. The highest BCUT2D eigenvalue weighted by Crippen LogP contribution is 2.09.